The lowest BCUT2D eigenvalue weighted by atomic mass is 10.4. The fourth-order valence-electron chi connectivity index (χ4n) is 0.572. The molecular formula is C8H16N2O2. The zero-order chi connectivity index (χ0) is 9.40. The summed E-state index contributed by atoms with van der Waals surface area (Å²) in [4.78, 5) is 10.6. The van der Waals surface area contributed by atoms with Gasteiger partial charge in [-0.25, -0.2) is 4.79 Å². The third kappa shape index (κ3) is 7.08. The second-order valence-corrected chi connectivity index (χ2v) is 2.52. The number of hydrogen-bond donors (Lipinski definition) is 2. The summed E-state index contributed by atoms with van der Waals surface area (Å²) in [5, 5.41) is 5.04. The molecule has 0 atom stereocenters. The van der Waals surface area contributed by atoms with E-state index >= 15 is 0 Å². The van der Waals surface area contributed by atoms with Crippen molar-refractivity contribution >= 4 is 6.03 Å². The number of hydrogen-bond acceptors (Lipinski definition) is 2. The summed E-state index contributed by atoms with van der Waals surface area (Å²) >= 11 is 0. The summed E-state index contributed by atoms with van der Waals surface area (Å²) in [5.41, 5.74) is 0.981. The molecule has 0 radical (unpaired) electrons. The molecular weight excluding hydrogens is 156 g/mol. The van der Waals surface area contributed by atoms with Crippen molar-refractivity contribution in [2.45, 2.75) is 6.92 Å². The maximum Gasteiger partial charge on any atom is 0.314 e. The van der Waals surface area contributed by atoms with Crippen molar-refractivity contribution in [3.63, 3.8) is 0 Å². The van der Waals surface area contributed by atoms with E-state index in [1.54, 1.807) is 7.05 Å². The van der Waals surface area contributed by atoms with Gasteiger partial charge in [-0.3, -0.25) is 0 Å². The van der Waals surface area contributed by atoms with Crippen LogP contribution in [0.3, 0.4) is 0 Å². The van der Waals surface area contributed by atoms with Crippen molar-refractivity contribution in [2.24, 2.45) is 0 Å². The molecule has 0 aromatic carbocycles. The SMILES string of the molecule is C=C(C)COCCNC(=O)NC. The average Bonchev–Trinajstić information content (AvgIpc) is 2.03. The van der Waals surface area contributed by atoms with Crippen molar-refractivity contribution < 1.29 is 9.53 Å². The first-order chi connectivity index (χ1) is 5.66. The normalized spacial score (nSPS) is 9.17. The lowest BCUT2D eigenvalue weighted by Gasteiger charge is -2.04. The summed E-state index contributed by atoms with van der Waals surface area (Å²) in [5.74, 6) is 0. The van der Waals surface area contributed by atoms with Gasteiger partial charge in [0, 0.05) is 13.6 Å². The van der Waals surface area contributed by atoms with Crippen molar-refractivity contribution in [3.8, 4) is 0 Å². The molecule has 2 amide bonds. The molecule has 0 unspecified atom stereocenters. The number of rotatable bonds is 5. The Morgan fingerprint density at radius 1 is 1.58 bits per heavy atom. The first-order valence-electron chi connectivity index (χ1n) is 3.84. The fraction of sp³-hybridized carbons (Fsp3) is 0.625. The Bertz CT molecular complexity index is 157. The molecule has 0 aromatic rings. The van der Waals surface area contributed by atoms with Crippen LogP contribution in [-0.2, 0) is 4.74 Å². The summed E-state index contributed by atoms with van der Waals surface area (Å²) in [6.45, 7) is 7.16. The lowest BCUT2D eigenvalue weighted by Crippen LogP contribution is -2.34. The summed E-state index contributed by atoms with van der Waals surface area (Å²) in [6.07, 6.45) is 0. The zero-order valence-corrected chi connectivity index (χ0v) is 7.64. The van der Waals surface area contributed by atoms with Crippen LogP contribution in [0.4, 0.5) is 4.79 Å². The number of nitrogens with one attached hydrogen (secondary N) is 2. The number of ether oxygens (including phenoxy) is 1. The Balaban J connectivity index is 3.11. The van der Waals surface area contributed by atoms with Crippen LogP contribution in [0.5, 0.6) is 0 Å². The highest BCUT2D eigenvalue weighted by molar-refractivity contribution is 5.73. The molecule has 0 aliphatic heterocycles. The van der Waals surface area contributed by atoms with E-state index < -0.39 is 0 Å². The summed E-state index contributed by atoms with van der Waals surface area (Å²) in [7, 11) is 1.57. The van der Waals surface area contributed by atoms with Crippen LogP contribution in [0.15, 0.2) is 12.2 Å². The van der Waals surface area contributed by atoms with Crippen LogP contribution in [0, 0.1) is 0 Å². The minimum Gasteiger partial charge on any atom is -0.375 e. The van der Waals surface area contributed by atoms with Gasteiger partial charge in [-0.05, 0) is 6.92 Å². The van der Waals surface area contributed by atoms with Crippen LogP contribution >= 0.6 is 0 Å². The monoisotopic (exact) mass is 172 g/mol. The highest BCUT2D eigenvalue weighted by Gasteiger charge is 1.93. The fourth-order valence-corrected chi connectivity index (χ4v) is 0.572. The topological polar surface area (TPSA) is 50.4 Å². The predicted molar refractivity (Wildman–Crippen MR) is 48.1 cm³/mol. The molecule has 0 rings (SSSR count). The third-order valence-corrected chi connectivity index (χ3v) is 1.11. The molecule has 0 fully saturated rings. The van der Waals surface area contributed by atoms with Crippen molar-refractivity contribution in [2.75, 3.05) is 26.8 Å². The lowest BCUT2D eigenvalue weighted by molar-refractivity contribution is 0.158. The first kappa shape index (κ1) is 11.0. The molecule has 4 heteroatoms. The van der Waals surface area contributed by atoms with Gasteiger partial charge in [0.2, 0.25) is 0 Å². The maximum atomic E-state index is 10.6. The van der Waals surface area contributed by atoms with Gasteiger partial charge in [0.1, 0.15) is 0 Å². The zero-order valence-electron chi connectivity index (χ0n) is 7.64. The van der Waals surface area contributed by atoms with Crippen LogP contribution in [-0.4, -0.2) is 32.8 Å². The largest absolute Gasteiger partial charge is 0.375 e. The van der Waals surface area contributed by atoms with Crippen molar-refractivity contribution in [1.82, 2.24) is 10.6 Å². The number of carbonyl (C=O) groups excluding carboxylic acids is 1. The van der Waals surface area contributed by atoms with Crippen LogP contribution < -0.4 is 10.6 Å². The van der Waals surface area contributed by atoms with E-state index in [1.165, 1.54) is 0 Å². The van der Waals surface area contributed by atoms with Gasteiger partial charge in [0.05, 0.1) is 13.2 Å². The van der Waals surface area contributed by atoms with Gasteiger partial charge in [-0.15, -0.1) is 0 Å². The second kappa shape index (κ2) is 6.67. The van der Waals surface area contributed by atoms with Gasteiger partial charge < -0.3 is 15.4 Å². The van der Waals surface area contributed by atoms with Crippen molar-refractivity contribution in [3.05, 3.63) is 12.2 Å². The number of carbonyl (C=O) groups is 1. The van der Waals surface area contributed by atoms with E-state index in [0.29, 0.717) is 19.8 Å². The summed E-state index contributed by atoms with van der Waals surface area (Å²) in [6, 6.07) is -0.186. The Labute approximate surface area is 73.0 Å². The first-order valence-corrected chi connectivity index (χ1v) is 3.84. The van der Waals surface area contributed by atoms with Crippen molar-refractivity contribution in [1.29, 1.82) is 0 Å². The quantitative estimate of drug-likeness (QED) is 0.469. The Kier molecular flexibility index (Phi) is 6.09. The molecule has 0 aliphatic rings. The molecule has 0 heterocycles. The Hall–Kier alpha value is -1.03. The van der Waals surface area contributed by atoms with Gasteiger partial charge >= 0.3 is 6.03 Å². The Morgan fingerprint density at radius 2 is 2.25 bits per heavy atom. The second-order valence-electron chi connectivity index (χ2n) is 2.52. The number of urea groups is 1. The minimum atomic E-state index is -0.186. The molecule has 12 heavy (non-hydrogen) atoms. The molecule has 0 saturated carbocycles. The maximum absolute atomic E-state index is 10.6. The van der Waals surface area contributed by atoms with E-state index in [-0.39, 0.29) is 6.03 Å². The van der Waals surface area contributed by atoms with Crippen LogP contribution in [0.1, 0.15) is 6.92 Å². The molecule has 0 bridgehead atoms. The smallest absolute Gasteiger partial charge is 0.314 e. The van der Waals surface area contributed by atoms with Gasteiger partial charge in [0.15, 0.2) is 0 Å². The van der Waals surface area contributed by atoms with Gasteiger partial charge in [-0.1, -0.05) is 12.2 Å². The van der Waals surface area contributed by atoms with Gasteiger partial charge in [-0.2, -0.15) is 0 Å². The van der Waals surface area contributed by atoms with E-state index in [2.05, 4.69) is 17.2 Å². The average molecular weight is 172 g/mol. The summed E-state index contributed by atoms with van der Waals surface area (Å²) < 4.78 is 5.15. The molecule has 0 spiro atoms. The van der Waals surface area contributed by atoms with E-state index in [4.69, 9.17) is 4.74 Å². The third-order valence-electron chi connectivity index (χ3n) is 1.11. The number of amides is 2. The standard InChI is InChI=1S/C8H16N2O2/c1-7(2)6-12-5-4-10-8(11)9-3/h1,4-6H2,2-3H3,(H2,9,10,11). The molecule has 4 nitrogen and oxygen atoms in total. The van der Waals surface area contributed by atoms with Crippen LogP contribution in [0.2, 0.25) is 0 Å². The minimum absolute atomic E-state index is 0.186. The molecule has 0 saturated heterocycles. The van der Waals surface area contributed by atoms with Gasteiger partial charge in [0.25, 0.3) is 0 Å². The van der Waals surface area contributed by atoms with E-state index in [1.807, 2.05) is 6.92 Å². The predicted octanol–water partition coefficient (Wildman–Crippen LogP) is 0.508. The van der Waals surface area contributed by atoms with Crippen LogP contribution in [0.25, 0.3) is 0 Å². The molecule has 0 aromatic heterocycles. The Morgan fingerprint density at radius 3 is 2.75 bits per heavy atom. The molecule has 0 aliphatic carbocycles. The van der Waals surface area contributed by atoms with E-state index in [0.717, 1.165) is 5.57 Å². The highest BCUT2D eigenvalue weighted by Crippen LogP contribution is 1.86. The van der Waals surface area contributed by atoms with E-state index in [9.17, 15) is 4.79 Å². The molecule has 2 N–H and O–H groups in total. The highest BCUT2D eigenvalue weighted by atomic mass is 16.5. The molecule has 70 valence electrons.